The van der Waals surface area contributed by atoms with E-state index in [1.165, 1.54) is 12.1 Å². The lowest BCUT2D eigenvalue weighted by Crippen LogP contribution is -2.19. The Morgan fingerprint density at radius 3 is 2.07 bits per heavy atom. The van der Waals surface area contributed by atoms with Crippen LogP contribution in [0.2, 0.25) is 0 Å². The average Bonchev–Trinajstić information content (AvgIpc) is 2.99. The van der Waals surface area contributed by atoms with Gasteiger partial charge in [0, 0.05) is 5.56 Å². The summed E-state index contributed by atoms with van der Waals surface area (Å²) in [4.78, 5) is 0. The van der Waals surface area contributed by atoms with Crippen molar-refractivity contribution in [1.29, 1.82) is 0 Å². The number of alkyl halides is 3. The molecule has 0 atom stereocenters. The molecule has 0 unspecified atom stereocenters. The first-order chi connectivity index (χ1) is 13.7. The van der Waals surface area contributed by atoms with E-state index in [9.17, 15) is 26.3 Å². The minimum atomic E-state index is -5.24. The molecule has 7 heteroatoms. The van der Waals surface area contributed by atoms with E-state index in [1.807, 2.05) is 25.1 Å². The van der Waals surface area contributed by atoms with E-state index in [2.05, 4.69) is 4.74 Å². The average molecular weight is 408 g/mol. The Morgan fingerprint density at radius 2 is 1.45 bits per heavy atom. The minimum Gasteiger partial charge on any atom is -0.399 e. The zero-order chi connectivity index (χ0) is 20.9. The zero-order valence-electron chi connectivity index (χ0n) is 15.1. The highest BCUT2D eigenvalue weighted by atomic mass is 19.4. The van der Waals surface area contributed by atoms with Crippen molar-refractivity contribution in [3.63, 3.8) is 0 Å². The van der Waals surface area contributed by atoms with Crippen LogP contribution in [0.3, 0.4) is 0 Å². The molecule has 1 aliphatic rings. The molecule has 1 nitrogen and oxygen atoms in total. The third-order valence-corrected chi connectivity index (χ3v) is 4.97. The number of fused-ring (bicyclic) bond motifs is 3. The van der Waals surface area contributed by atoms with Gasteiger partial charge >= 0.3 is 6.36 Å². The summed E-state index contributed by atoms with van der Waals surface area (Å²) < 4.78 is 83.1. The van der Waals surface area contributed by atoms with Crippen molar-refractivity contribution in [1.82, 2.24) is 0 Å². The Kier molecular flexibility index (Phi) is 4.56. The second-order valence-electron chi connectivity index (χ2n) is 6.83. The Hall–Kier alpha value is -2.96. The summed E-state index contributed by atoms with van der Waals surface area (Å²) in [6, 6.07) is 9.95. The van der Waals surface area contributed by atoms with Crippen LogP contribution < -0.4 is 4.74 Å². The van der Waals surface area contributed by atoms with Crippen molar-refractivity contribution in [2.75, 3.05) is 0 Å². The van der Waals surface area contributed by atoms with Gasteiger partial charge in [0.05, 0.1) is 0 Å². The third-order valence-electron chi connectivity index (χ3n) is 4.97. The minimum absolute atomic E-state index is 0.0939. The number of aryl methyl sites for hydroxylation is 1. The quantitative estimate of drug-likeness (QED) is 0.339. The molecule has 0 amide bonds. The Morgan fingerprint density at radius 1 is 0.793 bits per heavy atom. The van der Waals surface area contributed by atoms with Crippen molar-refractivity contribution < 1.29 is 31.1 Å². The van der Waals surface area contributed by atoms with Crippen LogP contribution >= 0.6 is 0 Å². The summed E-state index contributed by atoms with van der Waals surface area (Å²) in [6.07, 6.45) is -3.86. The molecule has 0 aromatic heterocycles. The molecular weight excluding hydrogens is 394 g/mol. The number of rotatable bonds is 3. The highest BCUT2D eigenvalue weighted by molar-refractivity contribution is 5.81. The molecule has 0 aliphatic heterocycles. The molecule has 0 saturated carbocycles. The van der Waals surface area contributed by atoms with Crippen molar-refractivity contribution in [2.45, 2.75) is 26.1 Å². The summed E-state index contributed by atoms with van der Waals surface area (Å²) >= 11 is 0. The van der Waals surface area contributed by atoms with E-state index in [0.29, 0.717) is 24.1 Å². The summed E-state index contributed by atoms with van der Waals surface area (Å²) in [6.45, 7) is 2.02. The molecule has 0 fully saturated rings. The lowest BCUT2D eigenvalue weighted by atomic mass is 9.98. The highest BCUT2D eigenvalue weighted by Crippen LogP contribution is 2.41. The van der Waals surface area contributed by atoms with Gasteiger partial charge in [-0.25, -0.2) is 13.2 Å². The number of hydrogen-bond acceptors (Lipinski definition) is 1. The number of hydrogen-bond donors (Lipinski definition) is 0. The predicted molar refractivity (Wildman–Crippen MR) is 96.1 cm³/mol. The van der Waals surface area contributed by atoms with Gasteiger partial charge in [0.1, 0.15) is 5.82 Å². The van der Waals surface area contributed by atoms with E-state index < -0.39 is 29.6 Å². The van der Waals surface area contributed by atoms with Gasteiger partial charge < -0.3 is 4.74 Å². The summed E-state index contributed by atoms with van der Waals surface area (Å²) in [7, 11) is 0. The second-order valence-corrected chi connectivity index (χ2v) is 6.83. The first-order valence-electron chi connectivity index (χ1n) is 8.86. The molecular formula is C22H14F6O. The smallest absolute Gasteiger partial charge is 0.399 e. The molecule has 4 rings (SSSR count). The van der Waals surface area contributed by atoms with Gasteiger partial charge in [-0.2, -0.15) is 0 Å². The lowest BCUT2D eigenvalue weighted by molar-refractivity contribution is -0.276. The molecule has 0 N–H and O–H groups in total. The second kappa shape index (κ2) is 6.83. The van der Waals surface area contributed by atoms with Crippen molar-refractivity contribution in [3.05, 3.63) is 76.6 Å². The highest BCUT2D eigenvalue weighted by Gasteiger charge is 2.34. The van der Waals surface area contributed by atoms with Crippen molar-refractivity contribution in [2.24, 2.45) is 0 Å². The van der Waals surface area contributed by atoms with Crippen LogP contribution in [-0.2, 0) is 12.8 Å². The van der Waals surface area contributed by atoms with Crippen LogP contribution in [-0.4, -0.2) is 6.36 Å². The SMILES string of the molecule is CCc1ccc2c(c1)Cc1cc(-c3cc(F)c(OC(F)(F)F)c(F)c3)c(F)cc1-2. The maximum Gasteiger partial charge on any atom is 0.573 e. The van der Waals surface area contributed by atoms with Gasteiger partial charge in [-0.1, -0.05) is 25.1 Å². The fourth-order valence-electron chi connectivity index (χ4n) is 3.65. The molecule has 0 heterocycles. The monoisotopic (exact) mass is 408 g/mol. The van der Waals surface area contributed by atoms with Crippen LogP contribution in [0.25, 0.3) is 22.3 Å². The molecule has 0 bridgehead atoms. The first kappa shape index (κ1) is 19.4. The van der Waals surface area contributed by atoms with E-state index in [-0.39, 0.29) is 11.1 Å². The summed E-state index contributed by atoms with van der Waals surface area (Å²) in [5, 5.41) is 0. The first-order valence-corrected chi connectivity index (χ1v) is 8.86. The normalized spacial score (nSPS) is 12.7. The van der Waals surface area contributed by atoms with E-state index in [0.717, 1.165) is 28.7 Å². The molecule has 0 radical (unpaired) electrons. The van der Waals surface area contributed by atoms with Gasteiger partial charge in [0.2, 0.25) is 5.75 Å². The van der Waals surface area contributed by atoms with Crippen molar-refractivity contribution >= 4 is 0 Å². The molecule has 29 heavy (non-hydrogen) atoms. The summed E-state index contributed by atoms with van der Waals surface area (Å²) in [5.74, 6) is -5.41. The molecule has 150 valence electrons. The van der Waals surface area contributed by atoms with E-state index in [1.54, 1.807) is 0 Å². The topological polar surface area (TPSA) is 9.23 Å². The third kappa shape index (κ3) is 3.57. The summed E-state index contributed by atoms with van der Waals surface area (Å²) in [5.41, 5.74) is 4.24. The maximum absolute atomic E-state index is 14.7. The van der Waals surface area contributed by atoms with E-state index >= 15 is 0 Å². The zero-order valence-corrected chi connectivity index (χ0v) is 15.1. The number of ether oxygens (including phenoxy) is 1. The van der Waals surface area contributed by atoms with Gasteiger partial charge in [-0.3, -0.25) is 0 Å². The standard InChI is InChI=1S/C22H14F6O/c1-2-11-3-4-15-12(5-11)6-13-7-17(18(23)10-16(13)15)14-8-19(24)21(20(25)9-14)29-22(26,27)28/h3-5,7-10H,2,6H2,1H3. The van der Waals surface area contributed by atoms with Gasteiger partial charge in [0.25, 0.3) is 0 Å². The molecule has 0 saturated heterocycles. The van der Waals surface area contributed by atoms with Crippen LogP contribution in [0, 0.1) is 17.5 Å². The Balaban J connectivity index is 1.76. The van der Waals surface area contributed by atoms with E-state index in [4.69, 9.17) is 0 Å². The van der Waals surface area contributed by atoms with Crippen molar-refractivity contribution in [3.8, 4) is 28.0 Å². The van der Waals surface area contributed by atoms with Crippen LogP contribution in [0.5, 0.6) is 5.75 Å². The largest absolute Gasteiger partial charge is 0.573 e. The van der Waals surface area contributed by atoms with Crippen LogP contribution in [0.1, 0.15) is 23.6 Å². The number of benzene rings is 3. The van der Waals surface area contributed by atoms with Gasteiger partial charge in [0.15, 0.2) is 11.6 Å². The van der Waals surface area contributed by atoms with Crippen LogP contribution in [0.4, 0.5) is 26.3 Å². The fourth-order valence-corrected chi connectivity index (χ4v) is 3.65. The molecule has 1 aliphatic carbocycles. The van der Waals surface area contributed by atoms with Gasteiger partial charge in [-0.15, -0.1) is 13.2 Å². The fraction of sp³-hybridized carbons (Fsp3) is 0.182. The maximum atomic E-state index is 14.7. The van der Waals surface area contributed by atoms with Gasteiger partial charge in [-0.05, 0) is 70.5 Å². The molecule has 0 spiro atoms. The molecule has 3 aromatic rings. The number of halogens is 6. The Bertz CT molecular complexity index is 1090. The lowest BCUT2D eigenvalue weighted by Gasteiger charge is -2.13. The Labute approximate surface area is 162 Å². The van der Waals surface area contributed by atoms with Crippen LogP contribution in [0.15, 0.2) is 42.5 Å². The predicted octanol–water partition coefficient (Wildman–Crippen LogP) is 6.80. The molecule has 3 aromatic carbocycles.